The summed E-state index contributed by atoms with van der Waals surface area (Å²) in [5, 5.41) is 13.5. The number of amides is 2. The SMILES string of the molecule is N#Cc1ccsc1NC(=O)COC(=O)C1CCN(C(=O)c2ccc(F)cc2F)CC1. The van der Waals surface area contributed by atoms with E-state index in [1.165, 1.54) is 16.2 Å². The van der Waals surface area contributed by atoms with Gasteiger partial charge in [-0.2, -0.15) is 5.26 Å². The molecule has 1 aliphatic rings. The highest BCUT2D eigenvalue weighted by molar-refractivity contribution is 7.14. The molecule has 1 N–H and O–H groups in total. The number of halogens is 2. The number of carbonyl (C=O) groups excluding carboxylic acids is 3. The fourth-order valence-corrected chi connectivity index (χ4v) is 3.82. The maximum absolute atomic E-state index is 13.8. The van der Waals surface area contributed by atoms with Crippen molar-refractivity contribution in [1.82, 2.24) is 4.90 Å². The number of hydrogen-bond donors (Lipinski definition) is 1. The van der Waals surface area contributed by atoms with Gasteiger partial charge in [0, 0.05) is 19.2 Å². The van der Waals surface area contributed by atoms with Crippen LogP contribution < -0.4 is 5.32 Å². The number of esters is 1. The lowest BCUT2D eigenvalue weighted by Gasteiger charge is -2.31. The van der Waals surface area contributed by atoms with E-state index in [0.29, 0.717) is 29.5 Å². The van der Waals surface area contributed by atoms with Crippen LogP contribution in [-0.2, 0) is 14.3 Å². The van der Waals surface area contributed by atoms with E-state index in [4.69, 9.17) is 10.00 Å². The minimum atomic E-state index is -0.933. The van der Waals surface area contributed by atoms with Crippen LogP contribution in [0.1, 0.15) is 28.8 Å². The highest BCUT2D eigenvalue weighted by atomic mass is 32.1. The molecule has 1 fully saturated rings. The summed E-state index contributed by atoms with van der Waals surface area (Å²) in [7, 11) is 0. The Hall–Kier alpha value is -3.32. The molecule has 1 aromatic heterocycles. The van der Waals surface area contributed by atoms with Crippen molar-refractivity contribution in [2.75, 3.05) is 25.0 Å². The highest BCUT2D eigenvalue weighted by Gasteiger charge is 2.30. The summed E-state index contributed by atoms with van der Waals surface area (Å²) in [5.41, 5.74) is 0.105. The molecule has 0 saturated carbocycles. The number of nitriles is 1. The van der Waals surface area contributed by atoms with Gasteiger partial charge in [0.1, 0.15) is 22.7 Å². The predicted molar refractivity (Wildman–Crippen MR) is 104 cm³/mol. The van der Waals surface area contributed by atoms with Crippen LogP contribution in [-0.4, -0.2) is 42.4 Å². The maximum atomic E-state index is 13.8. The minimum Gasteiger partial charge on any atom is -0.455 e. The Morgan fingerprint density at radius 1 is 1.23 bits per heavy atom. The molecule has 2 aromatic rings. The molecule has 1 aromatic carbocycles. The molecule has 2 amide bonds. The van der Waals surface area contributed by atoms with Gasteiger partial charge in [0.15, 0.2) is 6.61 Å². The number of piperidine rings is 1. The van der Waals surface area contributed by atoms with Crippen molar-refractivity contribution in [3.8, 4) is 6.07 Å². The zero-order valence-corrected chi connectivity index (χ0v) is 16.5. The Balaban J connectivity index is 1.46. The first-order chi connectivity index (χ1) is 14.4. The molecule has 7 nitrogen and oxygen atoms in total. The number of nitrogens with zero attached hydrogens (tertiary/aromatic N) is 2. The van der Waals surface area contributed by atoms with Crippen LogP contribution in [0.5, 0.6) is 0 Å². The normalized spacial score (nSPS) is 14.1. The number of carbonyl (C=O) groups is 3. The number of likely N-dealkylation sites (tertiary alicyclic amines) is 1. The first kappa shape index (κ1) is 21.4. The van der Waals surface area contributed by atoms with Crippen LogP contribution >= 0.6 is 11.3 Å². The topological polar surface area (TPSA) is 99.5 Å². The fraction of sp³-hybridized carbons (Fsp3) is 0.300. The number of hydrogen-bond acceptors (Lipinski definition) is 6. The second-order valence-electron chi connectivity index (χ2n) is 6.62. The van der Waals surface area contributed by atoms with E-state index in [-0.39, 0.29) is 18.7 Å². The van der Waals surface area contributed by atoms with Crippen molar-refractivity contribution in [2.45, 2.75) is 12.8 Å². The molecule has 2 heterocycles. The third-order valence-corrected chi connectivity index (χ3v) is 5.49. The molecule has 1 aliphatic heterocycles. The molecule has 0 aliphatic carbocycles. The summed E-state index contributed by atoms with van der Waals surface area (Å²) in [5.74, 6) is -3.87. The first-order valence-electron chi connectivity index (χ1n) is 9.07. The average Bonchev–Trinajstić information content (AvgIpc) is 3.18. The molecule has 10 heteroatoms. The van der Waals surface area contributed by atoms with E-state index < -0.39 is 41.9 Å². The third-order valence-electron chi connectivity index (χ3n) is 4.66. The van der Waals surface area contributed by atoms with Crippen LogP contribution in [0.15, 0.2) is 29.6 Å². The monoisotopic (exact) mass is 433 g/mol. The van der Waals surface area contributed by atoms with Crippen molar-refractivity contribution >= 4 is 34.1 Å². The van der Waals surface area contributed by atoms with Crippen LogP contribution in [0.2, 0.25) is 0 Å². The van der Waals surface area contributed by atoms with E-state index in [0.717, 1.165) is 12.1 Å². The van der Waals surface area contributed by atoms with E-state index in [9.17, 15) is 23.2 Å². The van der Waals surface area contributed by atoms with Crippen LogP contribution in [0.25, 0.3) is 0 Å². The van der Waals surface area contributed by atoms with E-state index >= 15 is 0 Å². The molecule has 1 saturated heterocycles. The van der Waals surface area contributed by atoms with Gasteiger partial charge in [0.2, 0.25) is 0 Å². The lowest BCUT2D eigenvalue weighted by molar-refractivity contribution is -0.152. The molecule has 0 unspecified atom stereocenters. The van der Waals surface area contributed by atoms with Gasteiger partial charge in [-0.25, -0.2) is 8.78 Å². The van der Waals surface area contributed by atoms with Gasteiger partial charge in [-0.1, -0.05) is 0 Å². The summed E-state index contributed by atoms with van der Waals surface area (Å²) in [6.07, 6.45) is 0.608. The zero-order valence-electron chi connectivity index (χ0n) is 15.7. The maximum Gasteiger partial charge on any atom is 0.309 e. The molecule has 0 bridgehead atoms. The lowest BCUT2D eigenvalue weighted by Crippen LogP contribution is -2.41. The molecule has 0 atom stereocenters. The summed E-state index contributed by atoms with van der Waals surface area (Å²) >= 11 is 1.19. The van der Waals surface area contributed by atoms with Gasteiger partial charge in [-0.05, 0) is 36.4 Å². The van der Waals surface area contributed by atoms with Crippen molar-refractivity contribution < 1.29 is 27.9 Å². The standard InChI is InChI=1S/C20H17F2N3O4S/c21-14-1-2-15(16(22)9-14)19(27)25-6-3-12(4-7-25)20(28)29-11-17(26)24-18-13(10-23)5-8-30-18/h1-2,5,8-9,12H,3-4,6-7,11H2,(H,24,26). The van der Waals surface area contributed by atoms with E-state index in [1.807, 2.05) is 6.07 Å². The van der Waals surface area contributed by atoms with Gasteiger partial charge in [-0.3, -0.25) is 14.4 Å². The molecule has 30 heavy (non-hydrogen) atoms. The fourth-order valence-electron chi connectivity index (χ4n) is 3.06. The largest absolute Gasteiger partial charge is 0.455 e. The Bertz CT molecular complexity index is 1010. The first-order valence-corrected chi connectivity index (χ1v) is 9.95. The minimum absolute atomic E-state index is 0.211. The molecule has 3 rings (SSSR count). The second-order valence-corrected chi connectivity index (χ2v) is 7.54. The Kier molecular flexibility index (Phi) is 6.74. The Morgan fingerprint density at radius 3 is 2.63 bits per heavy atom. The van der Waals surface area contributed by atoms with Gasteiger partial charge >= 0.3 is 5.97 Å². The van der Waals surface area contributed by atoms with Gasteiger partial charge in [0.05, 0.1) is 17.0 Å². The number of ether oxygens (including phenoxy) is 1. The van der Waals surface area contributed by atoms with E-state index in [2.05, 4.69) is 5.32 Å². The second kappa shape index (κ2) is 9.45. The smallest absolute Gasteiger partial charge is 0.309 e. The average molecular weight is 433 g/mol. The molecular formula is C20H17F2N3O4S. The number of nitrogens with one attached hydrogen (secondary N) is 1. The van der Waals surface area contributed by atoms with Gasteiger partial charge in [-0.15, -0.1) is 11.3 Å². The lowest BCUT2D eigenvalue weighted by atomic mass is 9.96. The molecule has 0 radical (unpaired) electrons. The van der Waals surface area contributed by atoms with Crippen molar-refractivity contribution in [3.05, 3.63) is 52.4 Å². The highest BCUT2D eigenvalue weighted by Crippen LogP contribution is 2.23. The number of thiophene rings is 1. The van der Waals surface area contributed by atoms with Crippen LogP contribution in [0.3, 0.4) is 0 Å². The van der Waals surface area contributed by atoms with Gasteiger partial charge in [0.25, 0.3) is 11.8 Å². The van der Waals surface area contributed by atoms with Crippen LogP contribution in [0, 0.1) is 28.9 Å². The quantitative estimate of drug-likeness (QED) is 0.731. The van der Waals surface area contributed by atoms with Crippen molar-refractivity contribution in [1.29, 1.82) is 5.26 Å². The van der Waals surface area contributed by atoms with Crippen molar-refractivity contribution in [3.63, 3.8) is 0 Å². The predicted octanol–water partition coefficient (Wildman–Crippen LogP) is 2.93. The summed E-state index contributed by atoms with van der Waals surface area (Å²) in [6.45, 7) is -0.0633. The number of benzene rings is 1. The zero-order chi connectivity index (χ0) is 21.7. The number of anilines is 1. The van der Waals surface area contributed by atoms with Gasteiger partial charge < -0.3 is 15.0 Å². The third kappa shape index (κ3) is 4.99. The summed E-state index contributed by atoms with van der Waals surface area (Å²) in [6, 6.07) is 6.27. The molecule has 0 spiro atoms. The molecule has 156 valence electrons. The van der Waals surface area contributed by atoms with Crippen LogP contribution in [0.4, 0.5) is 13.8 Å². The Labute approximate surface area is 174 Å². The molecular weight excluding hydrogens is 416 g/mol. The summed E-state index contributed by atoms with van der Waals surface area (Å²) in [4.78, 5) is 37.9. The summed E-state index contributed by atoms with van der Waals surface area (Å²) < 4.78 is 31.9. The van der Waals surface area contributed by atoms with E-state index in [1.54, 1.807) is 11.4 Å². The van der Waals surface area contributed by atoms with Crippen molar-refractivity contribution in [2.24, 2.45) is 5.92 Å². The Morgan fingerprint density at radius 2 is 1.97 bits per heavy atom. The number of rotatable bonds is 5.